The van der Waals surface area contributed by atoms with Gasteiger partial charge < -0.3 is 5.32 Å². The van der Waals surface area contributed by atoms with Crippen molar-refractivity contribution in [1.29, 1.82) is 0 Å². The van der Waals surface area contributed by atoms with Crippen molar-refractivity contribution in [1.82, 2.24) is 5.32 Å². The third-order valence-electron chi connectivity index (χ3n) is 3.62. The molecule has 0 unspecified atom stereocenters. The zero-order chi connectivity index (χ0) is 14.4. The van der Waals surface area contributed by atoms with Gasteiger partial charge in [-0.05, 0) is 35.9 Å². The molecule has 0 aliphatic heterocycles. The smallest absolute Gasteiger partial charge is 0.263 e. The number of hydrogen-bond donors (Lipinski definition) is 1. The Morgan fingerprint density at radius 3 is 2.21 bits per heavy atom. The summed E-state index contributed by atoms with van der Waals surface area (Å²) in [6.07, 6.45) is -2.39. The second kappa shape index (κ2) is 7.59. The summed E-state index contributed by atoms with van der Waals surface area (Å²) in [7, 11) is 0. The van der Waals surface area contributed by atoms with Gasteiger partial charge in [0.05, 0.1) is 0 Å². The van der Waals surface area contributed by atoms with Crippen LogP contribution >= 0.6 is 0 Å². The van der Waals surface area contributed by atoms with Crippen molar-refractivity contribution in [2.24, 2.45) is 17.8 Å². The molecule has 0 saturated carbocycles. The molecule has 1 rings (SSSR count). The predicted molar refractivity (Wildman–Crippen MR) is 76.3 cm³/mol. The fourth-order valence-corrected chi connectivity index (χ4v) is 2.46. The van der Waals surface area contributed by atoms with Crippen LogP contribution in [0, 0.1) is 17.8 Å². The average Bonchev–Trinajstić information content (AvgIpc) is 2.34. The Morgan fingerprint density at radius 2 is 1.68 bits per heavy atom. The number of halogens is 2. The average molecular weight is 269 g/mol. The minimum Gasteiger partial charge on any atom is -0.312 e. The molecule has 0 atom stereocenters. The zero-order valence-electron chi connectivity index (χ0n) is 12.3. The Hall–Kier alpha value is -0.960. The van der Waals surface area contributed by atoms with E-state index in [1.807, 2.05) is 6.07 Å². The molecule has 19 heavy (non-hydrogen) atoms. The first kappa shape index (κ1) is 16.1. The highest BCUT2D eigenvalue weighted by molar-refractivity contribution is 5.24. The summed E-state index contributed by atoms with van der Waals surface area (Å²) in [6, 6.07) is 6.64. The lowest BCUT2D eigenvalue weighted by atomic mass is 9.85. The predicted octanol–water partition coefficient (Wildman–Crippen LogP) is 4.64. The van der Waals surface area contributed by atoms with Crippen LogP contribution in [0.4, 0.5) is 8.78 Å². The summed E-state index contributed by atoms with van der Waals surface area (Å²) in [6.45, 7) is 10.5. The van der Waals surface area contributed by atoms with Crippen LogP contribution in [0.25, 0.3) is 0 Å². The number of nitrogens with one attached hydrogen (secondary N) is 1. The van der Waals surface area contributed by atoms with E-state index in [-0.39, 0.29) is 5.56 Å². The van der Waals surface area contributed by atoms with Crippen molar-refractivity contribution < 1.29 is 8.78 Å². The van der Waals surface area contributed by atoms with Crippen molar-refractivity contribution >= 4 is 0 Å². The first-order valence-corrected chi connectivity index (χ1v) is 6.99. The summed E-state index contributed by atoms with van der Waals surface area (Å²) in [5, 5.41) is 3.39. The number of hydrogen-bond acceptors (Lipinski definition) is 1. The van der Waals surface area contributed by atoms with Gasteiger partial charge in [-0.1, -0.05) is 45.9 Å². The topological polar surface area (TPSA) is 12.0 Å². The summed E-state index contributed by atoms with van der Waals surface area (Å²) in [5.74, 6) is 1.86. The third-order valence-corrected chi connectivity index (χ3v) is 3.62. The van der Waals surface area contributed by atoms with Crippen molar-refractivity contribution in [2.45, 2.75) is 40.7 Å². The monoisotopic (exact) mass is 269 g/mol. The van der Waals surface area contributed by atoms with Gasteiger partial charge in [0, 0.05) is 12.1 Å². The molecule has 1 N–H and O–H groups in total. The van der Waals surface area contributed by atoms with E-state index < -0.39 is 6.43 Å². The summed E-state index contributed by atoms with van der Waals surface area (Å²) in [5.41, 5.74) is 1.02. The highest BCUT2D eigenvalue weighted by atomic mass is 19.3. The van der Waals surface area contributed by atoms with Gasteiger partial charge in [0.2, 0.25) is 0 Å². The van der Waals surface area contributed by atoms with Crippen LogP contribution in [-0.2, 0) is 6.54 Å². The molecule has 3 heteroatoms. The zero-order valence-corrected chi connectivity index (χ0v) is 12.3. The van der Waals surface area contributed by atoms with Crippen molar-refractivity contribution in [2.75, 3.05) is 6.54 Å². The Morgan fingerprint density at radius 1 is 1.05 bits per heavy atom. The van der Waals surface area contributed by atoms with Crippen LogP contribution in [0.3, 0.4) is 0 Å². The molecule has 108 valence electrons. The molecule has 0 radical (unpaired) electrons. The van der Waals surface area contributed by atoms with E-state index >= 15 is 0 Å². The quantitative estimate of drug-likeness (QED) is 0.760. The molecule has 0 aromatic heterocycles. The van der Waals surface area contributed by atoms with Crippen LogP contribution in [0.1, 0.15) is 45.2 Å². The summed E-state index contributed by atoms with van der Waals surface area (Å²) < 4.78 is 25.2. The normalized spacial score (nSPS) is 12.1. The second-order valence-corrected chi connectivity index (χ2v) is 5.83. The maximum atomic E-state index is 12.6. The molecule has 1 aromatic carbocycles. The molecule has 1 nitrogen and oxygen atoms in total. The van der Waals surface area contributed by atoms with Crippen molar-refractivity contribution in [3.05, 3.63) is 35.4 Å². The van der Waals surface area contributed by atoms with Gasteiger partial charge in [-0.25, -0.2) is 8.78 Å². The van der Waals surface area contributed by atoms with E-state index in [1.54, 1.807) is 12.1 Å². The van der Waals surface area contributed by atoms with E-state index in [9.17, 15) is 8.78 Å². The van der Waals surface area contributed by atoms with Gasteiger partial charge in [-0.15, -0.1) is 0 Å². The number of rotatable bonds is 7. The fourth-order valence-electron chi connectivity index (χ4n) is 2.46. The van der Waals surface area contributed by atoms with Gasteiger partial charge in [0.15, 0.2) is 0 Å². The maximum absolute atomic E-state index is 12.6. The summed E-state index contributed by atoms with van der Waals surface area (Å²) >= 11 is 0. The standard InChI is InChI=1S/C16H25F2N/c1-11(2)15(12(3)4)10-19-9-13-6-5-7-14(8-13)16(17)18/h5-8,11-12,15-16,19H,9-10H2,1-4H3. The van der Waals surface area contributed by atoms with E-state index in [1.165, 1.54) is 6.07 Å². The van der Waals surface area contributed by atoms with Gasteiger partial charge in [-0.2, -0.15) is 0 Å². The lowest BCUT2D eigenvalue weighted by molar-refractivity contribution is 0.151. The maximum Gasteiger partial charge on any atom is 0.263 e. The Labute approximate surface area is 115 Å². The molecule has 0 aliphatic rings. The van der Waals surface area contributed by atoms with E-state index in [2.05, 4.69) is 33.0 Å². The number of benzene rings is 1. The minimum atomic E-state index is -2.39. The first-order chi connectivity index (χ1) is 8.91. The molecule has 0 saturated heterocycles. The third kappa shape index (κ3) is 5.27. The highest BCUT2D eigenvalue weighted by Gasteiger charge is 2.16. The van der Waals surface area contributed by atoms with E-state index in [0.29, 0.717) is 24.3 Å². The van der Waals surface area contributed by atoms with Crippen LogP contribution in [0.2, 0.25) is 0 Å². The summed E-state index contributed by atoms with van der Waals surface area (Å²) in [4.78, 5) is 0. The SMILES string of the molecule is CC(C)C(CNCc1cccc(C(F)F)c1)C(C)C. The van der Waals surface area contributed by atoms with Crippen molar-refractivity contribution in [3.63, 3.8) is 0 Å². The number of alkyl halides is 2. The Balaban J connectivity index is 2.50. The molecule has 0 bridgehead atoms. The fraction of sp³-hybridized carbons (Fsp3) is 0.625. The largest absolute Gasteiger partial charge is 0.312 e. The van der Waals surface area contributed by atoms with Gasteiger partial charge >= 0.3 is 0 Å². The van der Waals surface area contributed by atoms with Gasteiger partial charge in [0.1, 0.15) is 0 Å². The highest BCUT2D eigenvalue weighted by Crippen LogP contribution is 2.21. The second-order valence-electron chi connectivity index (χ2n) is 5.83. The van der Waals surface area contributed by atoms with Crippen LogP contribution in [0.5, 0.6) is 0 Å². The lowest BCUT2D eigenvalue weighted by Gasteiger charge is -2.25. The molecular formula is C16H25F2N. The van der Waals surface area contributed by atoms with Gasteiger partial charge in [-0.3, -0.25) is 0 Å². The molecule has 1 aromatic rings. The van der Waals surface area contributed by atoms with Crippen molar-refractivity contribution in [3.8, 4) is 0 Å². The molecule has 0 amide bonds. The van der Waals surface area contributed by atoms with E-state index in [0.717, 1.165) is 12.1 Å². The molecule has 0 fully saturated rings. The van der Waals surface area contributed by atoms with Crippen LogP contribution in [-0.4, -0.2) is 6.54 Å². The Bertz CT molecular complexity index is 367. The van der Waals surface area contributed by atoms with Crippen LogP contribution < -0.4 is 5.32 Å². The van der Waals surface area contributed by atoms with Crippen LogP contribution in [0.15, 0.2) is 24.3 Å². The molecule has 0 aliphatic carbocycles. The molecule has 0 spiro atoms. The lowest BCUT2D eigenvalue weighted by Crippen LogP contribution is -2.29. The van der Waals surface area contributed by atoms with Gasteiger partial charge in [0.25, 0.3) is 6.43 Å². The van der Waals surface area contributed by atoms with E-state index in [4.69, 9.17) is 0 Å². The first-order valence-electron chi connectivity index (χ1n) is 6.99. The Kier molecular flexibility index (Phi) is 6.43. The molecular weight excluding hydrogens is 244 g/mol. The molecule has 0 heterocycles. The minimum absolute atomic E-state index is 0.101.